The van der Waals surface area contributed by atoms with E-state index in [0.29, 0.717) is 13.0 Å². The van der Waals surface area contributed by atoms with Crippen LogP contribution >= 0.6 is 0 Å². The molecule has 1 aromatic heterocycles. The predicted molar refractivity (Wildman–Crippen MR) is 63.0 cm³/mol. The van der Waals surface area contributed by atoms with E-state index in [2.05, 4.69) is 15.4 Å². The largest absolute Gasteiger partial charge is 0.352 e. The summed E-state index contributed by atoms with van der Waals surface area (Å²) in [6.07, 6.45) is 7.83. The van der Waals surface area contributed by atoms with Gasteiger partial charge in [0.15, 0.2) is 0 Å². The number of aromatic nitrogens is 3. The van der Waals surface area contributed by atoms with E-state index >= 15 is 0 Å². The first-order valence-corrected chi connectivity index (χ1v) is 6.13. The monoisotopic (exact) mass is 237 g/mol. The summed E-state index contributed by atoms with van der Waals surface area (Å²) < 4.78 is 1.65. The van der Waals surface area contributed by atoms with E-state index in [-0.39, 0.29) is 18.0 Å². The first kappa shape index (κ1) is 12.0. The second kappa shape index (κ2) is 5.77. The number of carbonyl (C=O) groups excluding carboxylic acids is 1. The fourth-order valence-corrected chi connectivity index (χ4v) is 2.18. The van der Waals surface area contributed by atoms with Crippen LogP contribution in [0.3, 0.4) is 0 Å². The Balaban J connectivity index is 1.73. The zero-order valence-corrected chi connectivity index (χ0v) is 9.88. The van der Waals surface area contributed by atoms with Crippen molar-refractivity contribution >= 4 is 5.91 Å². The van der Waals surface area contributed by atoms with Crippen molar-refractivity contribution in [3.8, 4) is 0 Å². The van der Waals surface area contributed by atoms with Gasteiger partial charge in [0.2, 0.25) is 5.91 Å². The minimum absolute atomic E-state index is 0.0443. The maximum absolute atomic E-state index is 11.7. The van der Waals surface area contributed by atoms with Crippen LogP contribution in [-0.2, 0) is 11.3 Å². The molecule has 0 unspecified atom stereocenters. The van der Waals surface area contributed by atoms with Crippen molar-refractivity contribution in [3.05, 3.63) is 12.7 Å². The molecule has 6 nitrogen and oxygen atoms in total. The molecule has 1 saturated carbocycles. The molecule has 94 valence electrons. The fraction of sp³-hybridized carbons (Fsp3) is 0.727. The highest BCUT2D eigenvalue weighted by molar-refractivity contribution is 5.76. The third-order valence-electron chi connectivity index (χ3n) is 3.20. The van der Waals surface area contributed by atoms with Crippen molar-refractivity contribution in [2.24, 2.45) is 5.73 Å². The third kappa shape index (κ3) is 3.52. The number of hydrogen-bond acceptors (Lipinski definition) is 4. The summed E-state index contributed by atoms with van der Waals surface area (Å²) >= 11 is 0. The van der Waals surface area contributed by atoms with Gasteiger partial charge in [-0.2, -0.15) is 5.10 Å². The molecule has 1 aliphatic carbocycles. The van der Waals surface area contributed by atoms with Gasteiger partial charge in [-0.05, 0) is 12.8 Å². The molecule has 3 N–H and O–H groups in total. The summed E-state index contributed by atoms with van der Waals surface area (Å²) in [6.45, 7) is 0.563. The zero-order chi connectivity index (χ0) is 12.1. The van der Waals surface area contributed by atoms with Gasteiger partial charge in [-0.25, -0.2) is 4.98 Å². The molecule has 1 heterocycles. The van der Waals surface area contributed by atoms with Crippen molar-refractivity contribution in [2.45, 2.75) is 50.7 Å². The van der Waals surface area contributed by atoms with Crippen LogP contribution in [0, 0.1) is 0 Å². The Morgan fingerprint density at radius 3 is 3.00 bits per heavy atom. The van der Waals surface area contributed by atoms with Crippen LogP contribution in [0.4, 0.5) is 0 Å². The van der Waals surface area contributed by atoms with Crippen LogP contribution in [0.15, 0.2) is 12.7 Å². The van der Waals surface area contributed by atoms with Crippen LogP contribution in [0.2, 0.25) is 0 Å². The molecule has 0 radical (unpaired) electrons. The number of hydrogen-bond donors (Lipinski definition) is 2. The molecular formula is C11H19N5O. The van der Waals surface area contributed by atoms with Gasteiger partial charge in [-0.15, -0.1) is 0 Å². The summed E-state index contributed by atoms with van der Waals surface area (Å²) in [5, 5.41) is 6.96. The van der Waals surface area contributed by atoms with Gasteiger partial charge in [0.25, 0.3) is 0 Å². The molecule has 6 heteroatoms. The maximum Gasteiger partial charge on any atom is 0.222 e. The number of nitrogens with one attached hydrogen (secondary N) is 1. The Kier molecular flexibility index (Phi) is 4.08. The van der Waals surface area contributed by atoms with Gasteiger partial charge in [0.05, 0.1) is 6.54 Å². The Hall–Kier alpha value is -1.43. The van der Waals surface area contributed by atoms with Gasteiger partial charge in [0.1, 0.15) is 12.7 Å². The standard InChI is InChI=1S/C11H19N5O/c12-9-3-1-2-4-10(9)15-11(17)5-6-16-8-13-7-14-16/h7-10H,1-6,12H2,(H,15,17)/t9-,10-/m1/s1. The van der Waals surface area contributed by atoms with E-state index in [1.807, 2.05) is 0 Å². The number of carbonyl (C=O) groups is 1. The van der Waals surface area contributed by atoms with Crippen molar-refractivity contribution in [3.63, 3.8) is 0 Å². The smallest absolute Gasteiger partial charge is 0.222 e. The normalized spacial score (nSPS) is 24.5. The second-order valence-electron chi connectivity index (χ2n) is 4.53. The average molecular weight is 237 g/mol. The van der Waals surface area contributed by atoms with Crippen LogP contribution in [0.1, 0.15) is 32.1 Å². The van der Waals surface area contributed by atoms with Crippen LogP contribution in [0.25, 0.3) is 0 Å². The lowest BCUT2D eigenvalue weighted by Crippen LogP contribution is -2.49. The molecule has 1 aliphatic rings. The van der Waals surface area contributed by atoms with Crippen LogP contribution < -0.4 is 11.1 Å². The lowest BCUT2D eigenvalue weighted by atomic mass is 9.91. The Morgan fingerprint density at radius 2 is 2.29 bits per heavy atom. The van der Waals surface area contributed by atoms with E-state index in [9.17, 15) is 4.79 Å². The maximum atomic E-state index is 11.7. The number of nitrogens with zero attached hydrogens (tertiary/aromatic N) is 3. The molecule has 0 bridgehead atoms. The highest BCUT2D eigenvalue weighted by Gasteiger charge is 2.22. The number of aryl methyl sites for hydroxylation is 1. The molecule has 0 aromatic carbocycles. The lowest BCUT2D eigenvalue weighted by molar-refractivity contribution is -0.122. The fourth-order valence-electron chi connectivity index (χ4n) is 2.18. The Bertz CT molecular complexity index is 351. The van der Waals surface area contributed by atoms with Gasteiger partial charge < -0.3 is 11.1 Å². The molecule has 1 aromatic rings. The number of nitrogens with two attached hydrogens (primary N) is 1. The molecular weight excluding hydrogens is 218 g/mol. The van der Waals surface area contributed by atoms with Crippen LogP contribution in [0.5, 0.6) is 0 Å². The van der Waals surface area contributed by atoms with Crippen molar-refractivity contribution in [1.82, 2.24) is 20.1 Å². The van der Waals surface area contributed by atoms with Crippen LogP contribution in [-0.4, -0.2) is 32.8 Å². The molecule has 1 amide bonds. The molecule has 0 aliphatic heterocycles. The van der Waals surface area contributed by atoms with E-state index < -0.39 is 0 Å². The van der Waals surface area contributed by atoms with E-state index in [1.165, 1.54) is 12.7 Å². The van der Waals surface area contributed by atoms with Gasteiger partial charge in [-0.1, -0.05) is 12.8 Å². The molecule has 17 heavy (non-hydrogen) atoms. The second-order valence-corrected chi connectivity index (χ2v) is 4.53. The highest BCUT2D eigenvalue weighted by Crippen LogP contribution is 2.16. The molecule has 2 rings (SSSR count). The van der Waals surface area contributed by atoms with Crippen molar-refractivity contribution < 1.29 is 4.79 Å². The Morgan fingerprint density at radius 1 is 1.47 bits per heavy atom. The lowest BCUT2D eigenvalue weighted by Gasteiger charge is -2.29. The van der Waals surface area contributed by atoms with Gasteiger partial charge in [-0.3, -0.25) is 9.48 Å². The minimum Gasteiger partial charge on any atom is -0.352 e. The number of rotatable bonds is 4. The summed E-state index contributed by atoms with van der Waals surface area (Å²) in [6, 6.07) is 0.256. The first-order chi connectivity index (χ1) is 8.25. The van der Waals surface area contributed by atoms with Gasteiger partial charge >= 0.3 is 0 Å². The first-order valence-electron chi connectivity index (χ1n) is 6.13. The molecule has 1 fully saturated rings. The van der Waals surface area contributed by atoms with E-state index in [1.54, 1.807) is 11.0 Å². The number of amides is 1. The van der Waals surface area contributed by atoms with E-state index in [0.717, 1.165) is 19.3 Å². The molecule has 2 atom stereocenters. The highest BCUT2D eigenvalue weighted by atomic mass is 16.1. The predicted octanol–water partition coefficient (Wildman–Crippen LogP) is 0.0543. The Labute approximate surface area is 101 Å². The summed E-state index contributed by atoms with van der Waals surface area (Å²) in [7, 11) is 0. The minimum atomic E-state index is 0.0443. The average Bonchev–Trinajstić information content (AvgIpc) is 2.82. The SMILES string of the molecule is N[C@@H]1CCCC[C@H]1NC(=O)CCn1cncn1. The van der Waals surface area contributed by atoms with Crippen molar-refractivity contribution in [2.75, 3.05) is 0 Å². The quantitative estimate of drug-likeness (QED) is 0.775. The molecule has 0 saturated heterocycles. The summed E-state index contributed by atoms with van der Waals surface area (Å²) in [4.78, 5) is 15.6. The molecule has 0 spiro atoms. The zero-order valence-electron chi connectivity index (χ0n) is 9.88. The third-order valence-corrected chi connectivity index (χ3v) is 3.20. The van der Waals surface area contributed by atoms with Crippen molar-refractivity contribution in [1.29, 1.82) is 0 Å². The van der Waals surface area contributed by atoms with E-state index in [4.69, 9.17) is 5.73 Å². The van der Waals surface area contributed by atoms with Gasteiger partial charge in [0, 0.05) is 18.5 Å². The summed E-state index contributed by atoms with van der Waals surface area (Å²) in [5.41, 5.74) is 5.98. The topological polar surface area (TPSA) is 85.8 Å². The summed E-state index contributed by atoms with van der Waals surface area (Å²) in [5.74, 6) is 0.0443.